The third-order valence-corrected chi connectivity index (χ3v) is 4.65. The summed E-state index contributed by atoms with van der Waals surface area (Å²) in [4.78, 5) is 22.4. The molecule has 2 aromatic heterocycles. The van der Waals surface area contributed by atoms with E-state index in [-0.39, 0.29) is 5.91 Å². The van der Waals surface area contributed by atoms with Gasteiger partial charge in [0, 0.05) is 37.5 Å². The predicted octanol–water partition coefficient (Wildman–Crippen LogP) is 4.06. The molecule has 3 aromatic rings. The number of carbonyl (C=O) groups excluding carboxylic acids is 1. The molecule has 2 N–H and O–H groups in total. The molecule has 0 unspecified atom stereocenters. The first-order valence-corrected chi connectivity index (χ1v) is 8.99. The van der Waals surface area contributed by atoms with E-state index in [9.17, 15) is 4.79 Å². The summed E-state index contributed by atoms with van der Waals surface area (Å²) in [5, 5.41) is 6.31. The van der Waals surface area contributed by atoms with Crippen molar-refractivity contribution >= 4 is 28.8 Å². The molecule has 136 valence electrons. The van der Waals surface area contributed by atoms with Gasteiger partial charge in [0.05, 0.1) is 23.8 Å². The molecule has 6 nitrogen and oxygen atoms in total. The standard InChI is InChI=1S/C21H21N5O/c1-22-17-11-18(14-23-13-17)25-20-9-6-16(12-24-20)15-4-7-19(8-5-15)26-10-2-3-21(26)27/h4-9,11-14,22H,2-3,10H2,1H3,(H,24,25). The van der Waals surface area contributed by atoms with Crippen LogP contribution >= 0.6 is 0 Å². The highest BCUT2D eigenvalue weighted by Crippen LogP contribution is 2.26. The number of nitrogens with zero attached hydrogens (tertiary/aromatic N) is 3. The summed E-state index contributed by atoms with van der Waals surface area (Å²) >= 11 is 0. The van der Waals surface area contributed by atoms with Gasteiger partial charge < -0.3 is 15.5 Å². The van der Waals surface area contributed by atoms with E-state index in [1.54, 1.807) is 12.4 Å². The monoisotopic (exact) mass is 359 g/mol. The normalized spacial score (nSPS) is 13.7. The Hall–Kier alpha value is -3.41. The van der Waals surface area contributed by atoms with Gasteiger partial charge in [-0.2, -0.15) is 0 Å². The predicted molar refractivity (Wildman–Crippen MR) is 108 cm³/mol. The molecule has 1 aliphatic heterocycles. The van der Waals surface area contributed by atoms with E-state index in [1.165, 1.54) is 0 Å². The number of hydrogen-bond donors (Lipinski definition) is 2. The number of hydrogen-bond acceptors (Lipinski definition) is 5. The Kier molecular flexibility index (Phi) is 4.70. The number of anilines is 4. The molecule has 1 amide bonds. The SMILES string of the molecule is CNc1cncc(Nc2ccc(-c3ccc(N4CCCC4=O)cc3)cn2)c1. The number of aromatic nitrogens is 2. The van der Waals surface area contributed by atoms with Gasteiger partial charge in [-0.3, -0.25) is 9.78 Å². The highest BCUT2D eigenvalue weighted by molar-refractivity contribution is 5.95. The molecule has 0 aliphatic carbocycles. The van der Waals surface area contributed by atoms with E-state index >= 15 is 0 Å². The fourth-order valence-corrected chi connectivity index (χ4v) is 3.19. The van der Waals surface area contributed by atoms with Crippen molar-refractivity contribution in [2.75, 3.05) is 29.1 Å². The second-order valence-corrected chi connectivity index (χ2v) is 6.47. The van der Waals surface area contributed by atoms with Crippen molar-refractivity contribution < 1.29 is 4.79 Å². The van der Waals surface area contributed by atoms with Crippen molar-refractivity contribution in [3.05, 3.63) is 61.1 Å². The fraction of sp³-hybridized carbons (Fsp3) is 0.190. The van der Waals surface area contributed by atoms with Crippen LogP contribution in [0.15, 0.2) is 61.1 Å². The van der Waals surface area contributed by atoms with Gasteiger partial charge in [-0.15, -0.1) is 0 Å². The van der Waals surface area contributed by atoms with Crippen molar-refractivity contribution in [3.63, 3.8) is 0 Å². The van der Waals surface area contributed by atoms with Crippen molar-refractivity contribution in [2.45, 2.75) is 12.8 Å². The van der Waals surface area contributed by atoms with Crippen LogP contribution in [0.1, 0.15) is 12.8 Å². The first kappa shape index (κ1) is 17.0. The maximum absolute atomic E-state index is 11.9. The van der Waals surface area contributed by atoms with Crippen LogP contribution in [0.2, 0.25) is 0 Å². The van der Waals surface area contributed by atoms with Crippen LogP contribution in [0.3, 0.4) is 0 Å². The summed E-state index contributed by atoms with van der Waals surface area (Å²) < 4.78 is 0. The highest BCUT2D eigenvalue weighted by Gasteiger charge is 2.21. The number of pyridine rings is 2. The van der Waals surface area contributed by atoms with Crippen LogP contribution in [0.25, 0.3) is 11.1 Å². The lowest BCUT2D eigenvalue weighted by Gasteiger charge is -2.16. The van der Waals surface area contributed by atoms with E-state index in [2.05, 4.69) is 20.6 Å². The van der Waals surface area contributed by atoms with Gasteiger partial charge in [0.2, 0.25) is 5.91 Å². The topological polar surface area (TPSA) is 70.2 Å². The molecular formula is C21H21N5O. The van der Waals surface area contributed by atoms with Gasteiger partial charge in [-0.05, 0) is 42.3 Å². The molecule has 27 heavy (non-hydrogen) atoms. The van der Waals surface area contributed by atoms with E-state index < -0.39 is 0 Å². The number of rotatable bonds is 5. The first-order valence-electron chi connectivity index (χ1n) is 8.99. The van der Waals surface area contributed by atoms with Crippen LogP contribution in [0.4, 0.5) is 22.9 Å². The van der Waals surface area contributed by atoms with E-state index in [0.717, 1.165) is 47.0 Å². The van der Waals surface area contributed by atoms with Crippen LogP contribution in [0.5, 0.6) is 0 Å². The largest absolute Gasteiger partial charge is 0.387 e. The molecule has 1 aliphatic rings. The number of carbonyl (C=O) groups is 1. The summed E-state index contributed by atoms with van der Waals surface area (Å²) in [5.41, 5.74) is 4.88. The van der Waals surface area contributed by atoms with E-state index in [4.69, 9.17) is 0 Å². The maximum Gasteiger partial charge on any atom is 0.227 e. The molecule has 0 atom stereocenters. The van der Waals surface area contributed by atoms with Gasteiger partial charge in [0.25, 0.3) is 0 Å². The summed E-state index contributed by atoms with van der Waals surface area (Å²) in [6, 6.07) is 14.0. The highest BCUT2D eigenvalue weighted by atomic mass is 16.2. The van der Waals surface area contributed by atoms with Gasteiger partial charge in [0.1, 0.15) is 5.82 Å². The molecule has 1 saturated heterocycles. The summed E-state index contributed by atoms with van der Waals surface area (Å²) in [6.07, 6.45) is 6.95. The number of amides is 1. The second-order valence-electron chi connectivity index (χ2n) is 6.47. The first-order chi connectivity index (χ1) is 13.2. The molecule has 1 fully saturated rings. The Morgan fingerprint density at radius 3 is 2.41 bits per heavy atom. The Balaban J connectivity index is 1.47. The number of nitrogens with one attached hydrogen (secondary N) is 2. The molecule has 0 saturated carbocycles. The van der Waals surface area contributed by atoms with E-state index in [0.29, 0.717) is 6.42 Å². The minimum absolute atomic E-state index is 0.205. The summed E-state index contributed by atoms with van der Waals surface area (Å²) in [5.74, 6) is 0.963. The van der Waals surface area contributed by atoms with Gasteiger partial charge >= 0.3 is 0 Å². The Labute approximate surface area is 158 Å². The van der Waals surface area contributed by atoms with Gasteiger partial charge in [0.15, 0.2) is 0 Å². The molecular weight excluding hydrogens is 338 g/mol. The average Bonchev–Trinajstić information content (AvgIpc) is 3.15. The smallest absolute Gasteiger partial charge is 0.227 e. The molecule has 1 aromatic carbocycles. The Morgan fingerprint density at radius 1 is 0.963 bits per heavy atom. The molecule has 3 heterocycles. The zero-order valence-electron chi connectivity index (χ0n) is 15.1. The van der Waals surface area contributed by atoms with Crippen LogP contribution < -0.4 is 15.5 Å². The quantitative estimate of drug-likeness (QED) is 0.719. The zero-order chi connectivity index (χ0) is 18.6. The van der Waals surface area contributed by atoms with Crippen LogP contribution in [0, 0.1) is 0 Å². The minimum atomic E-state index is 0.205. The number of benzene rings is 1. The van der Waals surface area contributed by atoms with Crippen LogP contribution in [-0.4, -0.2) is 29.5 Å². The fourth-order valence-electron chi connectivity index (χ4n) is 3.19. The molecule has 4 rings (SSSR count). The zero-order valence-corrected chi connectivity index (χ0v) is 15.1. The molecule has 0 radical (unpaired) electrons. The van der Waals surface area contributed by atoms with Gasteiger partial charge in [-0.25, -0.2) is 4.98 Å². The van der Waals surface area contributed by atoms with Crippen molar-refractivity contribution in [1.82, 2.24) is 9.97 Å². The van der Waals surface area contributed by atoms with Gasteiger partial charge in [-0.1, -0.05) is 12.1 Å². The van der Waals surface area contributed by atoms with Crippen molar-refractivity contribution in [3.8, 4) is 11.1 Å². The molecule has 6 heteroatoms. The Bertz CT molecular complexity index is 938. The minimum Gasteiger partial charge on any atom is -0.387 e. The summed E-state index contributed by atoms with van der Waals surface area (Å²) in [7, 11) is 1.86. The maximum atomic E-state index is 11.9. The lowest BCUT2D eigenvalue weighted by atomic mass is 10.1. The van der Waals surface area contributed by atoms with Crippen molar-refractivity contribution in [2.24, 2.45) is 0 Å². The third-order valence-electron chi connectivity index (χ3n) is 4.65. The average molecular weight is 359 g/mol. The lowest BCUT2D eigenvalue weighted by molar-refractivity contribution is -0.117. The lowest BCUT2D eigenvalue weighted by Crippen LogP contribution is -2.23. The Morgan fingerprint density at radius 2 is 1.74 bits per heavy atom. The second kappa shape index (κ2) is 7.45. The molecule has 0 bridgehead atoms. The van der Waals surface area contributed by atoms with E-state index in [1.807, 2.05) is 60.6 Å². The van der Waals surface area contributed by atoms with Crippen LogP contribution in [-0.2, 0) is 4.79 Å². The van der Waals surface area contributed by atoms with Crippen molar-refractivity contribution in [1.29, 1.82) is 0 Å². The summed E-state index contributed by atoms with van der Waals surface area (Å²) in [6.45, 7) is 0.809. The third kappa shape index (κ3) is 3.74. The molecule has 0 spiro atoms.